The number of amides is 2. The molecule has 0 aliphatic heterocycles. The van der Waals surface area contributed by atoms with E-state index in [2.05, 4.69) is 10.6 Å². The van der Waals surface area contributed by atoms with E-state index in [0.29, 0.717) is 9.88 Å². The van der Waals surface area contributed by atoms with Gasteiger partial charge in [-0.3, -0.25) is 9.59 Å². The number of hydrogen-bond acceptors (Lipinski definition) is 4. The molecule has 1 aliphatic carbocycles. The number of rotatable bonds is 4. The maximum absolute atomic E-state index is 12.2. The van der Waals surface area contributed by atoms with Crippen molar-refractivity contribution >= 4 is 28.2 Å². The van der Waals surface area contributed by atoms with Crippen molar-refractivity contribution in [3.8, 4) is 0 Å². The zero-order valence-electron chi connectivity index (χ0n) is 13.6. The van der Waals surface area contributed by atoms with Gasteiger partial charge in [-0.05, 0) is 37.8 Å². The summed E-state index contributed by atoms with van der Waals surface area (Å²) in [6.45, 7) is 7.66. The van der Waals surface area contributed by atoms with Crippen LogP contribution in [0.25, 0.3) is 0 Å². The monoisotopic (exact) mass is 324 g/mol. The summed E-state index contributed by atoms with van der Waals surface area (Å²) in [5.74, 6) is -0.274. The molecule has 122 valence electrons. The van der Waals surface area contributed by atoms with Gasteiger partial charge in [-0.15, -0.1) is 11.3 Å². The van der Waals surface area contributed by atoms with Gasteiger partial charge in [0.2, 0.25) is 5.91 Å². The number of anilines is 1. The van der Waals surface area contributed by atoms with E-state index in [1.54, 1.807) is 6.07 Å². The van der Waals surface area contributed by atoms with Crippen LogP contribution in [0.1, 0.15) is 55.3 Å². The van der Waals surface area contributed by atoms with Gasteiger partial charge < -0.3 is 15.7 Å². The topological polar surface area (TPSA) is 78.4 Å². The average molecular weight is 324 g/mol. The van der Waals surface area contributed by atoms with Gasteiger partial charge in [-0.2, -0.15) is 0 Å². The Hall–Kier alpha value is -1.40. The summed E-state index contributed by atoms with van der Waals surface area (Å²) in [4.78, 5) is 24.8. The van der Waals surface area contributed by atoms with Crippen molar-refractivity contribution in [2.45, 2.75) is 52.6 Å². The van der Waals surface area contributed by atoms with Crippen molar-refractivity contribution in [3.05, 3.63) is 16.5 Å². The predicted octanol–water partition coefficient (Wildman–Crippen LogP) is 2.69. The molecule has 1 aromatic rings. The molecule has 2 amide bonds. The van der Waals surface area contributed by atoms with Gasteiger partial charge in [0.1, 0.15) is 0 Å². The molecule has 1 heterocycles. The van der Waals surface area contributed by atoms with E-state index in [4.69, 9.17) is 0 Å². The van der Waals surface area contributed by atoms with E-state index in [0.717, 1.165) is 24.8 Å². The summed E-state index contributed by atoms with van der Waals surface area (Å²) in [7, 11) is 0. The normalized spacial score (nSPS) is 16.8. The fourth-order valence-corrected chi connectivity index (χ4v) is 3.14. The zero-order chi connectivity index (χ0) is 16.5. The Morgan fingerprint density at radius 2 is 2.00 bits per heavy atom. The molecule has 0 radical (unpaired) electrons. The molecule has 1 aliphatic rings. The third-order valence-electron chi connectivity index (χ3n) is 3.90. The van der Waals surface area contributed by atoms with Gasteiger partial charge in [-0.25, -0.2) is 0 Å². The molecule has 0 aromatic carbocycles. The summed E-state index contributed by atoms with van der Waals surface area (Å²) in [5, 5.41) is 16.3. The summed E-state index contributed by atoms with van der Waals surface area (Å²) in [5.41, 5.74) is -0.384. The molecule has 2 rings (SSSR count). The largest absolute Gasteiger partial charge is 0.388 e. The minimum absolute atomic E-state index is 0.0792. The van der Waals surface area contributed by atoms with Crippen molar-refractivity contribution in [1.82, 2.24) is 5.32 Å². The van der Waals surface area contributed by atoms with E-state index >= 15 is 0 Å². The molecular weight excluding hydrogens is 300 g/mol. The van der Waals surface area contributed by atoms with Gasteiger partial charge in [0.25, 0.3) is 5.91 Å². The molecule has 1 fully saturated rings. The summed E-state index contributed by atoms with van der Waals surface area (Å²) in [6, 6.07) is 1.81. The SMILES string of the molecule is Cc1cc(NC(=O)C(C)(C)C)sc1C(=O)NCC1(O)CCC1. The lowest BCUT2D eigenvalue weighted by molar-refractivity contribution is -0.123. The van der Waals surface area contributed by atoms with Gasteiger partial charge in [-0.1, -0.05) is 20.8 Å². The molecule has 5 nitrogen and oxygen atoms in total. The van der Waals surface area contributed by atoms with Crippen LogP contribution in [-0.2, 0) is 4.79 Å². The first-order chi connectivity index (χ1) is 10.1. The fourth-order valence-electron chi connectivity index (χ4n) is 2.16. The zero-order valence-corrected chi connectivity index (χ0v) is 14.4. The fraction of sp³-hybridized carbons (Fsp3) is 0.625. The van der Waals surface area contributed by atoms with Crippen molar-refractivity contribution in [3.63, 3.8) is 0 Å². The van der Waals surface area contributed by atoms with Crippen LogP contribution in [0.15, 0.2) is 6.07 Å². The summed E-state index contributed by atoms with van der Waals surface area (Å²) < 4.78 is 0. The van der Waals surface area contributed by atoms with Crippen LogP contribution in [0.5, 0.6) is 0 Å². The molecule has 1 aromatic heterocycles. The number of hydrogen-bond donors (Lipinski definition) is 3. The highest BCUT2D eigenvalue weighted by Gasteiger charge is 2.34. The Balaban J connectivity index is 1.99. The van der Waals surface area contributed by atoms with Crippen molar-refractivity contribution in [1.29, 1.82) is 0 Å². The molecular formula is C16H24N2O3S. The van der Waals surface area contributed by atoms with Crippen LogP contribution in [0.2, 0.25) is 0 Å². The number of carbonyl (C=O) groups is 2. The number of nitrogens with one attached hydrogen (secondary N) is 2. The van der Waals surface area contributed by atoms with Crippen molar-refractivity contribution < 1.29 is 14.7 Å². The van der Waals surface area contributed by atoms with Crippen LogP contribution in [0.4, 0.5) is 5.00 Å². The van der Waals surface area contributed by atoms with E-state index < -0.39 is 11.0 Å². The number of aliphatic hydroxyl groups is 1. The van der Waals surface area contributed by atoms with Crippen LogP contribution < -0.4 is 10.6 Å². The smallest absolute Gasteiger partial charge is 0.261 e. The van der Waals surface area contributed by atoms with E-state index in [1.165, 1.54) is 11.3 Å². The lowest BCUT2D eigenvalue weighted by atomic mass is 9.80. The molecule has 0 atom stereocenters. The first kappa shape index (κ1) is 17.0. The van der Waals surface area contributed by atoms with E-state index in [-0.39, 0.29) is 18.4 Å². The van der Waals surface area contributed by atoms with Crippen molar-refractivity contribution in [2.75, 3.05) is 11.9 Å². The Morgan fingerprint density at radius 1 is 1.36 bits per heavy atom. The molecule has 0 spiro atoms. The predicted molar refractivity (Wildman–Crippen MR) is 88.3 cm³/mol. The van der Waals surface area contributed by atoms with Gasteiger partial charge in [0, 0.05) is 12.0 Å². The maximum Gasteiger partial charge on any atom is 0.261 e. The minimum Gasteiger partial charge on any atom is -0.388 e. The molecule has 22 heavy (non-hydrogen) atoms. The van der Waals surface area contributed by atoms with Crippen LogP contribution in [-0.4, -0.2) is 29.1 Å². The second kappa shape index (κ2) is 6.01. The van der Waals surface area contributed by atoms with Crippen LogP contribution in [0, 0.1) is 12.3 Å². The van der Waals surface area contributed by atoms with Crippen LogP contribution in [0.3, 0.4) is 0 Å². The summed E-state index contributed by atoms with van der Waals surface area (Å²) in [6.07, 6.45) is 2.49. The summed E-state index contributed by atoms with van der Waals surface area (Å²) >= 11 is 1.26. The molecule has 1 saturated carbocycles. The second-order valence-corrected chi connectivity index (χ2v) is 8.14. The first-order valence-corrected chi connectivity index (χ1v) is 8.35. The van der Waals surface area contributed by atoms with Gasteiger partial charge >= 0.3 is 0 Å². The second-order valence-electron chi connectivity index (χ2n) is 7.09. The maximum atomic E-state index is 12.2. The molecule has 6 heteroatoms. The number of aryl methyl sites for hydroxylation is 1. The quantitative estimate of drug-likeness (QED) is 0.797. The highest BCUT2D eigenvalue weighted by Crippen LogP contribution is 2.31. The molecule has 0 saturated heterocycles. The van der Waals surface area contributed by atoms with E-state index in [9.17, 15) is 14.7 Å². The number of carbonyl (C=O) groups excluding carboxylic acids is 2. The lowest BCUT2D eigenvalue weighted by Gasteiger charge is -2.36. The molecule has 3 N–H and O–H groups in total. The Labute approximate surface area is 135 Å². The third kappa shape index (κ3) is 3.87. The number of thiophene rings is 1. The van der Waals surface area contributed by atoms with Crippen molar-refractivity contribution in [2.24, 2.45) is 5.41 Å². The van der Waals surface area contributed by atoms with Gasteiger partial charge in [0.15, 0.2) is 0 Å². The van der Waals surface area contributed by atoms with Crippen LogP contribution >= 0.6 is 11.3 Å². The standard InChI is InChI=1S/C16H24N2O3S/c1-10-8-11(18-14(20)15(2,3)4)22-12(10)13(19)17-9-16(21)6-5-7-16/h8,21H,5-7,9H2,1-4H3,(H,17,19)(H,18,20). The van der Waals surface area contributed by atoms with E-state index in [1.807, 2.05) is 27.7 Å². The Kier molecular flexibility index (Phi) is 4.63. The highest BCUT2D eigenvalue weighted by molar-refractivity contribution is 7.18. The lowest BCUT2D eigenvalue weighted by Crippen LogP contribution is -2.47. The molecule has 0 bridgehead atoms. The average Bonchev–Trinajstić information content (AvgIpc) is 2.73. The minimum atomic E-state index is -0.732. The Morgan fingerprint density at radius 3 is 2.50 bits per heavy atom. The van der Waals surface area contributed by atoms with Gasteiger partial charge in [0.05, 0.1) is 15.5 Å². The third-order valence-corrected chi connectivity index (χ3v) is 5.06. The highest BCUT2D eigenvalue weighted by atomic mass is 32.1. The Bertz CT molecular complexity index is 583. The molecule has 0 unspecified atom stereocenters. The first-order valence-electron chi connectivity index (χ1n) is 7.53.